The molecule has 1 unspecified atom stereocenters. The molecule has 0 fully saturated rings. The second kappa shape index (κ2) is 6.66. The third kappa shape index (κ3) is 3.90. The average Bonchev–Trinajstić information content (AvgIpc) is 2.79. The van der Waals surface area contributed by atoms with Gasteiger partial charge in [-0.05, 0) is 37.9 Å². The summed E-state index contributed by atoms with van der Waals surface area (Å²) in [6, 6.07) is 7.06. The van der Waals surface area contributed by atoms with Crippen molar-refractivity contribution in [3.63, 3.8) is 0 Å². The second-order valence-electron chi connectivity index (χ2n) is 5.48. The number of benzene rings is 1. The van der Waals surface area contributed by atoms with Gasteiger partial charge in [0, 0.05) is 25.7 Å². The minimum absolute atomic E-state index is 0.400. The van der Waals surface area contributed by atoms with Crippen LogP contribution in [0.2, 0.25) is 0 Å². The third-order valence-electron chi connectivity index (χ3n) is 3.57. The van der Waals surface area contributed by atoms with Gasteiger partial charge in [-0.2, -0.15) is 0 Å². The fourth-order valence-corrected chi connectivity index (χ4v) is 2.53. The lowest BCUT2D eigenvalue weighted by Gasteiger charge is -2.18. The van der Waals surface area contributed by atoms with Crippen molar-refractivity contribution in [3.05, 3.63) is 46.8 Å². The smallest absolute Gasteiger partial charge is 0.0842 e. The number of likely N-dealkylation sites (N-methyl/N-ethyl adjacent to an activating group) is 1. The molecule has 0 bridgehead atoms. The van der Waals surface area contributed by atoms with Crippen molar-refractivity contribution in [1.82, 2.24) is 20.3 Å². The Morgan fingerprint density at radius 2 is 2.05 bits per heavy atom. The Bertz CT molecular complexity index is 559. The van der Waals surface area contributed by atoms with E-state index < -0.39 is 0 Å². The fraction of sp³-hybridized carbons (Fsp3) is 0.500. The Labute approximate surface area is 121 Å². The molecular weight excluding hydrogens is 248 g/mol. The molecule has 4 nitrogen and oxygen atoms in total. The number of hydrogen-bond donors (Lipinski definition) is 1. The van der Waals surface area contributed by atoms with Crippen LogP contribution in [0.1, 0.15) is 29.3 Å². The third-order valence-corrected chi connectivity index (χ3v) is 3.57. The summed E-state index contributed by atoms with van der Waals surface area (Å²) in [5.41, 5.74) is 5.14. The number of nitrogens with zero attached hydrogens (tertiary/aromatic N) is 3. The van der Waals surface area contributed by atoms with Gasteiger partial charge in [0.2, 0.25) is 0 Å². The van der Waals surface area contributed by atoms with Crippen LogP contribution in [0.4, 0.5) is 0 Å². The Morgan fingerprint density at radius 3 is 2.70 bits per heavy atom. The molecule has 0 spiro atoms. The van der Waals surface area contributed by atoms with Gasteiger partial charge in [-0.3, -0.25) is 4.68 Å². The first-order valence-corrected chi connectivity index (χ1v) is 7.23. The van der Waals surface area contributed by atoms with Gasteiger partial charge in [0.05, 0.1) is 5.69 Å². The first-order valence-electron chi connectivity index (χ1n) is 7.23. The summed E-state index contributed by atoms with van der Waals surface area (Å²) < 4.78 is 1.76. The van der Waals surface area contributed by atoms with E-state index in [4.69, 9.17) is 0 Å². The van der Waals surface area contributed by atoms with Gasteiger partial charge in [-0.1, -0.05) is 35.9 Å². The first-order chi connectivity index (χ1) is 9.58. The molecule has 1 aromatic carbocycles. The molecule has 1 atom stereocenters. The van der Waals surface area contributed by atoms with Crippen LogP contribution in [0.15, 0.2) is 24.4 Å². The number of rotatable bonds is 6. The number of hydrogen-bond acceptors (Lipinski definition) is 3. The second-order valence-corrected chi connectivity index (χ2v) is 5.48. The van der Waals surface area contributed by atoms with Crippen LogP contribution in [0.25, 0.3) is 0 Å². The van der Waals surface area contributed by atoms with Crippen LogP contribution < -0.4 is 5.32 Å². The van der Waals surface area contributed by atoms with E-state index in [0.717, 1.165) is 25.1 Å². The molecule has 0 aliphatic carbocycles. The summed E-state index contributed by atoms with van der Waals surface area (Å²) >= 11 is 0. The van der Waals surface area contributed by atoms with Crippen molar-refractivity contribution in [1.29, 1.82) is 0 Å². The largest absolute Gasteiger partial charge is 0.314 e. The van der Waals surface area contributed by atoms with Gasteiger partial charge >= 0.3 is 0 Å². The lowest BCUT2D eigenvalue weighted by Crippen LogP contribution is -2.33. The van der Waals surface area contributed by atoms with E-state index in [1.807, 2.05) is 13.2 Å². The Morgan fingerprint density at radius 1 is 1.25 bits per heavy atom. The van der Waals surface area contributed by atoms with Crippen LogP contribution in [-0.2, 0) is 19.9 Å². The van der Waals surface area contributed by atoms with Gasteiger partial charge in [0.15, 0.2) is 0 Å². The lowest BCUT2D eigenvalue weighted by molar-refractivity contribution is 0.515. The van der Waals surface area contributed by atoms with Crippen LogP contribution in [-0.4, -0.2) is 27.6 Å². The molecule has 108 valence electrons. The molecule has 0 aliphatic heterocycles. The first kappa shape index (κ1) is 14.7. The van der Waals surface area contributed by atoms with E-state index in [2.05, 4.69) is 54.6 Å². The van der Waals surface area contributed by atoms with Crippen molar-refractivity contribution in [2.24, 2.45) is 7.05 Å². The normalized spacial score (nSPS) is 12.6. The molecule has 2 aromatic rings. The Kier molecular flexibility index (Phi) is 4.90. The minimum atomic E-state index is 0.400. The van der Waals surface area contributed by atoms with Gasteiger partial charge in [0.1, 0.15) is 0 Å². The maximum Gasteiger partial charge on any atom is 0.0842 e. The molecule has 0 saturated heterocycles. The SMILES string of the molecule is CCNC(Cc1cn(C)nn1)Cc1cc(C)ccc1C. The van der Waals surface area contributed by atoms with E-state index in [1.54, 1.807) is 4.68 Å². The highest BCUT2D eigenvalue weighted by atomic mass is 15.4. The summed E-state index contributed by atoms with van der Waals surface area (Å²) in [5, 5.41) is 11.8. The van der Waals surface area contributed by atoms with Crippen LogP contribution in [0.3, 0.4) is 0 Å². The molecule has 2 rings (SSSR count). The zero-order chi connectivity index (χ0) is 14.5. The Balaban J connectivity index is 2.10. The summed E-state index contributed by atoms with van der Waals surface area (Å²) in [6.45, 7) is 7.44. The van der Waals surface area contributed by atoms with Gasteiger partial charge in [-0.15, -0.1) is 5.10 Å². The highest BCUT2D eigenvalue weighted by molar-refractivity contribution is 5.31. The van der Waals surface area contributed by atoms with E-state index in [9.17, 15) is 0 Å². The van der Waals surface area contributed by atoms with Crippen molar-refractivity contribution in [2.45, 2.75) is 39.7 Å². The molecule has 0 radical (unpaired) electrons. The molecule has 1 aromatic heterocycles. The van der Waals surface area contributed by atoms with Crippen LogP contribution in [0, 0.1) is 13.8 Å². The summed E-state index contributed by atoms with van der Waals surface area (Å²) in [4.78, 5) is 0. The molecule has 4 heteroatoms. The van der Waals surface area contributed by atoms with Crippen molar-refractivity contribution >= 4 is 0 Å². The molecule has 1 N–H and O–H groups in total. The topological polar surface area (TPSA) is 42.7 Å². The van der Waals surface area contributed by atoms with E-state index in [-0.39, 0.29) is 0 Å². The maximum atomic E-state index is 4.19. The monoisotopic (exact) mass is 272 g/mol. The minimum Gasteiger partial charge on any atom is -0.314 e. The average molecular weight is 272 g/mol. The molecule has 20 heavy (non-hydrogen) atoms. The van der Waals surface area contributed by atoms with Crippen LogP contribution >= 0.6 is 0 Å². The highest BCUT2D eigenvalue weighted by Gasteiger charge is 2.13. The van der Waals surface area contributed by atoms with Crippen molar-refractivity contribution in [3.8, 4) is 0 Å². The van der Waals surface area contributed by atoms with Gasteiger partial charge in [0.25, 0.3) is 0 Å². The molecule has 1 heterocycles. The van der Waals surface area contributed by atoms with Gasteiger partial charge < -0.3 is 5.32 Å². The summed E-state index contributed by atoms with van der Waals surface area (Å²) in [5.74, 6) is 0. The van der Waals surface area contributed by atoms with E-state index in [0.29, 0.717) is 6.04 Å². The quantitative estimate of drug-likeness (QED) is 0.876. The highest BCUT2D eigenvalue weighted by Crippen LogP contribution is 2.14. The predicted molar refractivity (Wildman–Crippen MR) is 81.8 cm³/mol. The maximum absolute atomic E-state index is 4.19. The number of aryl methyl sites for hydroxylation is 3. The zero-order valence-corrected chi connectivity index (χ0v) is 12.8. The standard InChI is InChI=1S/C16H24N4/c1-5-17-15(10-16-11-20(4)19-18-16)9-14-8-12(2)6-7-13(14)3/h6-8,11,15,17H,5,9-10H2,1-4H3. The molecule has 0 amide bonds. The van der Waals surface area contributed by atoms with E-state index >= 15 is 0 Å². The number of nitrogens with one attached hydrogen (secondary N) is 1. The van der Waals surface area contributed by atoms with Crippen molar-refractivity contribution < 1.29 is 0 Å². The van der Waals surface area contributed by atoms with Crippen molar-refractivity contribution in [2.75, 3.05) is 6.54 Å². The molecular formula is C16H24N4. The van der Waals surface area contributed by atoms with Gasteiger partial charge in [-0.25, -0.2) is 0 Å². The zero-order valence-electron chi connectivity index (χ0n) is 12.8. The lowest BCUT2D eigenvalue weighted by atomic mass is 9.96. The molecule has 0 aliphatic rings. The Hall–Kier alpha value is -1.68. The van der Waals surface area contributed by atoms with E-state index in [1.165, 1.54) is 16.7 Å². The van der Waals surface area contributed by atoms with Crippen LogP contribution in [0.5, 0.6) is 0 Å². The predicted octanol–water partition coefficient (Wildman–Crippen LogP) is 2.20. The molecule has 0 saturated carbocycles. The fourth-order valence-electron chi connectivity index (χ4n) is 2.53. The number of aromatic nitrogens is 3. The summed E-state index contributed by atoms with van der Waals surface area (Å²) in [7, 11) is 1.91. The summed E-state index contributed by atoms with van der Waals surface area (Å²) in [6.07, 6.45) is 3.93.